The van der Waals surface area contributed by atoms with Crippen molar-refractivity contribution >= 4 is 23.7 Å². The highest BCUT2D eigenvalue weighted by molar-refractivity contribution is 5.84. The third kappa shape index (κ3) is 12.1. The van der Waals surface area contributed by atoms with Gasteiger partial charge in [-0.05, 0) is 75.9 Å². The fourth-order valence-corrected chi connectivity index (χ4v) is 4.38. The Morgan fingerprint density at radius 2 is 1.65 bits per heavy atom. The molecule has 1 aromatic heterocycles. The Kier molecular flexibility index (Phi) is 12.5. The normalized spacial score (nSPS) is 11.1. The third-order valence-electron chi connectivity index (χ3n) is 6.29. The molecule has 43 heavy (non-hydrogen) atoms. The van der Waals surface area contributed by atoms with Gasteiger partial charge in [-0.25, -0.2) is 9.48 Å². The number of anilines is 1. The number of amides is 2. The molecule has 0 saturated heterocycles. The van der Waals surface area contributed by atoms with E-state index in [1.54, 1.807) is 31.2 Å². The van der Waals surface area contributed by atoms with Crippen LogP contribution in [-0.2, 0) is 32.0 Å². The second-order valence-corrected chi connectivity index (χ2v) is 11.2. The standard InChI is InChI=1S/C33H42N4O6/c1-5-42-32(41)35-27-15-11-13-25(21-27)23-37-30(39)18-17-28(36-37)26-14-10-12-24(20-26)22-29(38)34-19-9-7-6-8-16-31(40)43-33(2,3)4/h10-15,17-18,20-21H,5-9,16,19,22-23H2,1-4H3,(H,34,38)(H,35,41). The van der Waals surface area contributed by atoms with Gasteiger partial charge in [-0.1, -0.05) is 43.2 Å². The van der Waals surface area contributed by atoms with Gasteiger partial charge in [-0.15, -0.1) is 0 Å². The molecule has 0 atom stereocenters. The van der Waals surface area contributed by atoms with Gasteiger partial charge in [0.2, 0.25) is 5.91 Å². The van der Waals surface area contributed by atoms with E-state index in [1.807, 2.05) is 51.1 Å². The molecule has 0 fully saturated rings. The number of ether oxygens (including phenoxy) is 2. The number of carbonyl (C=O) groups excluding carboxylic acids is 3. The molecule has 0 unspecified atom stereocenters. The number of hydrogen-bond donors (Lipinski definition) is 2. The Morgan fingerprint density at radius 3 is 2.42 bits per heavy atom. The SMILES string of the molecule is CCOC(=O)Nc1cccc(Cn2nc(-c3cccc(CC(=O)NCCCCCCC(=O)OC(C)(C)C)c3)ccc2=O)c1. The van der Waals surface area contributed by atoms with Gasteiger partial charge in [0.1, 0.15) is 5.60 Å². The fraction of sp³-hybridized carbons (Fsp3) is 0.424. The molecule has 1 heterocycles. The van der Waals surface area contributed by atoms with Crippen LogP contribution in [0.2, 0.25) is 0 Å². The molecule has 0 spiro atoms. The number of nitrogens with one attached hydrogen (secondary N) is 2. The van der Waals surface area contributed by atoms with Crippen LogP contribution in [0.25, 0.3) is 11.3 Å². The van der Waals surface area contributed by atoms with Gasteiger partial charge < -0.3 is 14.8 Å². The van der Waals surface area contributed by atoms with Gasteiger partial charge >= 0.3 is 12.1 Å². The Labute approximate surface area is 252 Å². The smallest absolute Gasteiger partial charge is 0.411 e. The lowest BCUT2D eigenvalue weighted by atomic mass is 10.1. The van der Waals surface area contributed by atoms with Gasteiger partial charge in [0.05, 0.1) is 25.3 Å². The minimum Gasteiger partial charge on any atom is -0.460 e. The summed E-state index contributed by atoms with van der Waals surface area (Å²) in [7, 11) is 0. The van der Waals surface area contributed by atoms with Crippen molar-refractivity contribution in [3.05, 3.63) is 82.1 Å². The Bertz CT molecular complexity index is 1440. The zero-order chi connectivity index (χ0) is 31.2. The zero-order valence-electron chi connectivity index (χ0n) is 25.5. The summed E-state index contributed by atoms with van der Waals surface area (Å²) in [6.07, 6.45) is 3.54. The van der Waals surface area contributed by atoms with E-state index in [0.29, 0.717) is 24.3 Å². The molecule has 0 saturated carbocycles. The number of carbonyl (C=O) groups is 3. The predicted octanol–water partition coefficient (Wildman–Crippen LogP) is 5.48. The molecule has 2 aromatic carbocycles. The first-order valence-corrected chi connectivity index (χ1v) is 14.7. The number of rotatable bonds is 14. The fourth-order valence-electron chi connectivity index (χ4n) is 4.38. The summed E-state index contributed by atoms with van der Waals surface area (Å²) >= 11 is 0. The van der Waals surface area contributed by atoms with Crippen molar-refractivity contribution in [1.82, 2.24) is 15.1 Å². The average molecular weight is 591 g/mol. The van der Waals surface area contributed by atoms with E-state index in [9.17, 15) is 19.2 Å². The quantitative estimate of drug-likeness (QED) is 0.188. The summed E-state index contributed by atoms with van der Waals surface area (Å²) in [5.74, 6) is -0.243. The van der Waals surface area contributed by atoms with E-state index in [-0.39, 0.29) is 37.0 Å². The lowest BCUT2D eigenvalue weighted by molar-refractivity contribution is -0.154. The van der Waals surface area contributed by atoms with Gasteiger partial charge in [-0.2, -0.15) is 5.10 Å². The van der Waals surface area contributed by atoms with Crippen LogP contribution in [0.3, 0.4) is 0 Å². The number of hydrogen-bond acceptors (Lipinski definition) is 7. The lowest BCUT2D eigenvalue weighted by Gasteiger charge is -2.19. The van der Waals surface area contributed by atoms with Crippen LogP contribution in [-0.4, -0.2) is 46.5 Å². The number of unbranched alkanes of at least 4 members (excludes halogenated alkanes) is 3. The van der Waals surface area contributed by atoms with Gasteiger partial charge in [0.25, 0.3) is 5.56 Å². The van der Waals surface area contributed by atoms with Crippen LogP contribution in [0.5, 0.6) is 0 Å². The van der Waals surface area contributed by atoms with Crippen molar-refractivity contribution in [2.24, 2.45) is 0 Å². The van der Waals surface area contributed by atoms with Crippen molar-refractivity contribution < 1.29 is 23.9 Å². The number of aromatic nitrogens is 2. The largest absolute Gasteiger partial charge is 0.460 e. The van der Waals surface area contributed by atoms with E-state index in [4.69, 9.17) is 9.47 Å². The third-order valence-corrected chi connectivity index (χ3v) is 6.29. The molecule has 0 bridgehead atoms. The van der Waals surface area contributed by atoms with E-state index in [0.717, 1.165) is 42.4 Å². The Hall–Kier alpha value is -4.47. The summed E-state index contributed by atoms with van der Waals surface area (Å²) in [6.45, 7) is 8.37. The van der Waals surface area contributed by atoms with Crippen LogP contribution in [0, 0.1) is 0 Å². The van der Waals surface area contributed by atoms with Crippen molar-refractivity contribution in [2.75, 3.05) is 18.5 Å². The topological polar surface area (TPSA) is 129 Å². The number of nitrogens with zero attached hydrogens (tertiary/aromatic N) is 2. The van der Waals surface area contributed by atoms with Gasteiger partial charge in [0, 0.05) is 30.3 Å². The van der Waals surface area contributed by atoms with Crippen LogP contribution >= 0.6 is 0 Å². The van der Waals surface area contributed by atoms with Crippen molar-refractivity contribution in [2.45, 2.75) is 78.4 Å². The molecule has 2 N–H and O–H groups in total. The molecule has 3 rings (SSSR count). The van der Waals surface area contributed by atoms with Crippen molar-refractivity contribution in [3.63, 3.8) is 0 Å². The molecule has 0 aliphatic rings. The average Bonchev–Trinajstić information content (AvgIpc) is 2.93. The Balaban J connectivity index is 1.50. The number of esters is 1. The maximum absolute atomic E-state index is 12.6. The molecular weight excluding hydrogens is 548 g/mol. The van der Waals surface area contributed by atoms with Crippen molar-refractivity contribution in [1.29, 1.82) is 0 Å². The van der Waals surface area contributed by atoms with E-state index >= 15 is 0 Å². The van der Waals surface area contributed by atoms with E-state index in [1.165, 1.54) is 10.7 Å². The van der Waals surface area contributed by atoms with Crippen LogP contribution in [0.15, 0.2) is 65.5 Å². The summed E-state index contributed by atoms with van der Waals surface area (Å²) in [5.41, 5.74) is 2.87. The van der Waals surface area contributed by atoms with Gasteiger partial charge in [0.15, 0.2) is 0 Å². The molecule has 0 aliphatic carbocycles. The maximum atomic E-state index is 12.6. The van der Waals surface area contributed by atoms with Crippen molar-refractivity contribution in [3.8, 4) is 11.3 Å². The number of benzene rings is 2. The predicted molar refractivity (Wildman–Crippen MR) is 166 cm³/mol. The first-order valence-electron chi connectivity index (χ1n) is 14.7. The highest BCUT2D eigenvalue weighted by atomic mass is 16.6. The highest BCUT2D eigenvalue weighted by Gasteiger charge is 2.15. The molecule has 10 heteroatoms. The summed E-state index contributed by atoms with van der Waals surface area (Å²) in [4.78, 5) is 48.6. The van der Waals surface area contributed by atoms with Crippen LogP contribution in [0.1, 0.15) is 70.9 Å². The second kappa shape index (κ2) is 16.2. The first kappa shape index (κ1) is 33.0. The highest BCUT2D eigenvalue weighted by Crippen LogP contribution is 2.18. The first-order chi connectivity index (χ1) is 20.5. The molecule has 10 nitrogen and oxygen atoms in total. The summed E-state index contributed by atoms with van der Waals surface area (Å²) < 4.78 is 11.6. The summed E-state index contributed by atoms with van der Waals surface area (Å²) in [5, 5.41) is 10.2. The Morgan fingerprint density at radius 1 is 0.907 bits per heavy atom. The minimum absolute atomic E-state index is 0.0693. The van der Waals surface area contributed by atoms with E-state index < -0.39 is 11.7 Å². The lowest BCUT2D eigenvalue weighted by Crippen LogP contribution is -2.26. The molecule has 3 aromatic rings. The van der Waals surface area contributed by atoms with Gasteiger partial charge in [-0.3, -0.25) is 19.7 Å². The summed E-state index contributed by atoms with van der Waals surface area (Å²) in [6, 6.07) is 17.8. The molecule has 0 aliphatic heterocycles. The second-order valence-electron chi connectivity index (χ2n) is 11.2. The maximum Gasteiger partial charge on any atom is 0.411 e. The molecule has 0 radical (unpaired) electrons. The monoisotopic (exact) mass is 590 g/mol. The van der Waals surface area contributed by atoms with Crippen LogP contribution in [0.4, 0.5) is 10.5 Å². The molecular formula is C33H42N4O6. The zero-order valence-corrected chi connectivity index (χ0v) is 25.5. The minimum atomic E-state index is -0.544. The molecule has 230 valence electrons. The van der Waals surface area contributed by atoms with Crippen LogP contribution < -0.4 is 16.2 Å². The molecule has 2 amide bonds. The van der Waals surface area contributed by atoms with E-state index in [2.05, 4.69) is 15.7 Å².